The standard InChI is InChI=1S/C27H27N3O8/c1-37-24-13-12-21(30(35)36)15-20(24)16-23(26(32)33)28-25(31)22(14-18-8-4-2-5-9-18)29-27(34)38-17-19-10-6-3-7-11-19/h2-13,15,22-23H,14,16-17H2,1H3,(H,28,31)(H,29,34)(H,32,33)/t22-,23-/m1/s1. The lowest BCUT2D eigenvalue weighted by molar-refractivity contribution is -0.384. The minimum atomic E-state index is -1.46. The number of benzene rings is 3. The summed E-state index contributed by atoms with van der Waals surface area (Å²) in [6.07, 6.45) is -1.07. The Morgan fingerprint density at radius 3 is 2.11 bits per heavy atom. The van der Waals surface area contributed by atoms with Crippen molar-refractivity contribution in [2.24, 2.45) is 0 Å². The van der Waals surface area contributed by atoms with Crippen LogP contribution in [0.2, 0.25) is 0 Å². The van der Waals surface area contributed by atoms with Crippen LogP contribution < -0.4 is 15.4 Å². The Morgan fingerprint density at radius 2 is 1.53 bits per heavy atom. The Morgan fingerprint density at radius 1 is 0.895 bits per heavy atom. The normalized spacial score (nSPS) is 12.0. The summed E-state index contributed by atoms with van der Waals surface area (Å²) < 4.78 is 10.4. The molecule has 198 valence electrons. The van der Waals surface area contributed by atoms with Crippen molar-refractivity contribution < 1.29 is 33.9 Å². The monoisotopic (exact) mass is 521 g/mol. The van der Waals surface area contributed by atoms with Gasteiger partial charge in [0.15, 0.2) is 0 Å². The Hall–Kier alpha value is -4.93. The highest BCUT2D eigenvalue weighted by atomic mass is 16.6. The van der Waals surface area contributed by atoms with E-state index in [2.05, 4.69) is 10.6 Å². The number of nitrogens with one attached hydrogen (secondary N) is 2. The number of alkyl carbamates (subject to hydrolysis) is 1. The topological polar surface area (TPSA) is 157 Å². The summed E-state index contributed by atoms with van der Waals surface area (Å²) in [5.74, 6) is -1.89. The van der Waals surface area contributed by atoms with Gasteiger partial charge in [-0.15, -0.1) is 0 Å². The number of nitro groups is 1. The predicted molar refractivity (Wildman–Crippen MR) is 137 cm³/mol. The van der Waals surface area contributed by atoms with Crippen molar-refractivity contribution in [3.8, 4) is 5.75 Å². The van der Waals surface area contributed by atoms with Gasteiger partial charge in [-0.05, 0) is 17.2 Å². The average Bonchev–Trinajstić information content (AvgIpc) is 2.92. The van der Waals surface area contributed by atoms with Crippen LogP contribution in [0.5, 0.6) is 5.75 Å². The van der Waals surface area contributed by atoms with Gasteiger partial charge >= 0.3 is 12.1 Å². The molecule has 2 atom stereocenters. The number of nitrogens with zero attached hydrogens (tertiary/aromatic N) is 1. The van der Waals surface area contributed by atoms with Crippen LogP contribution in [0, 0.1) is 10.1 Å². The number of carboxylic acid groups (broad SMARTS) is 1. The summed E-state index contributed by atoms with van der Waals surface area (Å²) in [6, 6.07) is 19.0. The van der Waals surface area contributed by atoms with E-state index in [-0.39, 0.29) is 36.4 Å². The third-order valence-electron chi connectivity index (χ3n) is 5.62. The maximum atomic E-state index is 13.2. The average molecular weight is 522 g/mol. The number of amides is 2. The molecule has 11 heteroatoms. The number of methoxy groups -OCH3 is 1. The van der Waals surface area contributed by atoms with Gasteiger partial charge < -0.3 is 25.2 Å². The molecule has 0 saturated heterocycles. The summed E-state index contributed by atoms with van der Waals surface area (Å²) in [6.45, 7) is -0.0172. The van der Waals surface area contributed by atoms with Gasteiger partial charge in [0, 0.05) is 30.5 Å². The SMILES string of the molecule is COc1ccc([N+](=O)[O-])cc1C[C@@H](NC(=O)[C@@H](Cc1ccccc1)NC(=O)OCc1ccccc1)C(=O)O. The summed E-state index contributed by atoms with van der Waals surface area (Å²) >= 11 is 0. The fourth-order valence-electron chi connectivity index (χ4n) is 3.70. The number of carboxylic acids is 1. The molecule has 0 fully saturated rings. The first-order chi connectivity index (χ1) is 18.3. The predicted octanol–water partition coefficient (Wildman–Crippen LogP) is 3.25. The van der Waals surface area contributed by atoms with Crippen LogP contribution >= 0.6 is 0 Å². The first-order valence-corrected chi connectivity index (χ1v) is 11.6. The van der Waals surface area contributed by atoms with Gasteiger partial charge in [0.1, 0.15) is 24.4 Å². The number of carbonyl (C=O) groups excluding carboxylic acids is 2. The van der Waals surface area contributed by atoms with E-state index in [1.807, 2.05) is 6.07 Å². The minimum absolute atomic E-state index is 0.0172. The zero-order valence-corrected chi connectivity index (χ0v) is 20.5. The highest BCUT2D eigenvalue weighted by Gasteiger charge is 2.29. The number of carbonyl (C=O) groups is 3. The quantitative estimate of drug-likeness (QED) is 0.242. The molecule has 0 aromatic heterocycles. The molecule has 11 nitrogen and oxygen atoms in total. The van der Waals surface area contributed by atoms with E-state index in [0.717, 1.165) is 11.1 Å². The molecule has 0 heterocycles. The molecule has 38 heavy (non-hydrogen) atoms. The smallest absolute Gasteiger partial charge is 0.408 e. The molecule has 0 aliphatic carbocycles. The zero-order chi connectivity index (χ0) is 27.5. The van der Waals surface area contributed by atoms with Gasteiger partial charge in [-0.25, -0.2) is 9.59 Å². The Balaban J connectivity index is 1.76. The molecule has 0 spiro atoms. The van der Waals surface area contributed by atoms with E-state index in [1.165, 1.54) is 25.3 Å². The first-order valence-electron chi connectivity index (χ1n) is 11.6. The van der Waals surface area contributed by atoms with Gasteiger partial charge in [-0.1, -0.05) is 60.7 Å². The number of non-ortho nitro benzene ring substituents is 1. The molecule has 0 unspecified atom stereocenters. The molecular weight excluding hydrogens is 494 g/mol. The van der Waals surface area contributed by atoms with Crippen molar-refractivity contribution >= 4 is 23.7 Å². The highest BCUT2D eigenvalue weighted by molar-refractivity contribution is 5.89. The molecule has 0 radical (unpaired) electrons. The Bertz CT molecular complexity index is 1270. The van der Waals surface area contributed by atoms with Crippen molar-refractivity contribution in [1.82, 2.24) is 10.6 Å². The van der Waals surface area contributed by atoms with Crippen LogP contribution in [0.4, 0.5) is 10.5 Å². The maximum Gasteiger partial charge on any atom is 0.408 e. The van der Waals surface area contributed by atoms with Crippen LogP contribution in [-0.2, 0) is 33.8 Å². The lowest BCUT2D eigenvalue weighted by Crippen LogP contribution is -2.53. The van der Waals surface area contributed by atoms with E-state index in [4.69, 9.17) is 9.47 Å². The van der Waals surface area contributed by atoms with Gasteiger partial charge in [-0.3, -0.25) is 14.9 Å². The van der Waals surface area contributed by atoms with Crippen LogP contribution in [0.15, 0.2) is 78.9 Å². The molecule has 3 N–H and O–H groups in total. The zero-order valence-electron chi connectivity index (χ0n) is 20.5. The number of rotatable bonds is 12. The highest BCUT2D eigenvalue weighted by Crippen LogP contribution is 2.25. The van der Waals surface area contributed by atoms with Crippen molar-refractivity contribution in [1.29, 1.82) is 0 Å². The summed E-state index contributed by atoms with van der Waals surface area (Å²) in [5, 5.41) is 25.9. The van der Waals surface area contributed by atoms with Crippen molar-refractivity contribution in [3.05, 3.63) is 106 Å². The van der Waals surface area contributed by atoms with Gasteiger partial charge in [0.2, 0.25) is 5.91 Å². The number of ether oxygens (including phenoxy) is 2. The largest absolute Gasteiger partial charge is 0.496 e. The van der Waals surface area contributed by atoms with Crippen LogP contribution in [-0.4, -0.2) is 47.2 Å². The fourth-order valence-corrected chi connectivity index (χ4v) is 3.70. The molecule has 0 aliphatic rings. The summed E-state index contributed by atoms with van der Waals surface area (Å²) in [4.78, 5) is 48.3. The number of hydrogen-bond acceptors (Lipinski definition) is 7. The Kier molecular flexibility index (Phi) is 9.75. The maximum absolute atomic E-state index is 13.2. The van der Waals surface area contributed by atoms with Crippen LogP contribution in [0.25, 0.3) is 0 Å². The van der Waals surface area contributed by atoms with Gasteiger partial charge in [0.05, 0.1) is 12.0 Å². The van der Waals surface area contributed by atoms with E-state index in [0.29, 0.717) is 0 Å². The van der Waals surface area contributed by atoms with Crippen LogP contribution in [0.1, 0.15) is 16.7 Å². The first kappa shape index (κ1) is 27.7. The molecule has 3 aromatic rings. The third kappa shape index (κ3) is 8.05. The van der Waals surface area contributed by atoms with E-state index >= 15 is 0 Å². The molecule has 3 rings (SSSR count). The fraction of sp³-hybridized carbons (Fsp3) is 0.222. The summed E-state index contributed by atoms with van der Waals surface area (Å²) in [5.41, 5.74) is 1.46. The van der Waals surface area contributed by atoms with E-state index in [9.17, 15) is 29.6 Å². The molecular formula is C27H27N3O8. The van der Waals surface area contributed by atoms with E-state index < -0.39 is 35.0 Å². The van der Waals surface area contributed by atoms with Gasteiger partial charge in [0.25, 0.3) is 5.69 Å². The number of aliphatic carboxylic acids is 1. The van der Waals surface area contributed by atoms with E-state index in [1.54, 1.807) is 54.6 Å². The molecule has 0 aliphatic heterocycles. The molecule has 2 amide bonds. The summed E-state index contributed by atoms with van der Waals surface area (Å²) in [7, 11) is 1.35. The third-order valence-corrected chi connectivity index (χ3v) is 5.62. The van der Waals surface area contributed by atoms with Crippen molar-refractivity contribution in [2.75, 3.05) is 7.11 Å². The van der Waals surface area contributed by atoms with Crippen molar-refractivity contribution in [2.45, 2.75) is 31.5 Å². The molecule has 3 aromatic carbocycles. The van der Waals surface area contributed by atoms with Crippen LogP contribution in [0.3, 0.4) is 0 Å². The van der Waals surface area contributed by atoms with Crippen molar-refractivity contribution in [3.63, 3.8) is 0 Å². The number of nitro benzene ring substituents is 1. The minimum Gasteiger partial charge on any atom is -0.496 e. The Labute approximate surface area is 218 Å². The molecule has 0 saturated carbocycles. The second-order valence-corrected chi connectivity index (χ2v) is 8.31. The number of hydrogen-bond donors (Lipinski definition) is 3. The lowest BCUT2D eigenvalue weighted by Gasteiger charge is -2.22. The second kappa shape index (κ2) is 13.4. The van der Waals surface area contributed by atoms with Gasteiger partial charge in [-0.2, -0.15) is 0 Å². The molecule has 0 bridgehead atoms. The second-order valence-electron chi connectivity index (χ2n) is 8.31. The lowest BCUT2D eigenvalue weighted by atomic mass is 10.0.